The molecule has 0 aliphatic carbocycles. The zero-order chi connectivity index (χ0) is 17.1. The lowest BCUT2D eigenvalue weighted by Gasteiger charge is -2.47. The minimum absolute atomic E-state index is 0.0578. The van der Waals surface area contributed by atoms with Gasteiger partial charge >= 0.3 is 0 Å². The van der Waals surface area contributed by atoms with Crippen molar-refractivity contribution in [2.45, 2.75) is 38.1 Å². The van der Waals surface area contributed by atoms with Crippen LogP contribution in [-0.2, 0) is 14.4 Å². The van der Waals surface area contributed by atoms with Crippen LogP contribution in [0.1, 0.15) is 32.1 Å². The molecular weight excluding hydrogens is 308 g/mol. The fourth-order valence-electron chi connectivity index (χ4n) is 4.24. The Bertz CT molecular complexity index is 510. The highest BCUT2D eigenvalue weighted by molar-refractivity contribution is 5.86. The van der Waals surface area contributed by atoms with Gasteiger partial charge in [0.2, 0.25) is 17.7 Å². The molecule has 7 heteroatoms. The molecular formula is C17H28N4O3. The Morgan fingerprint density at radius 2 is 2.00 bits per heavy atom. The number of likely N-dealkylation sites (N-methyl/N-ethyl adjacent to an activating group) is 1. The van der Waals surface area contributed by atoms with E-state index in [4.69, 9.17) is 0 Å². The van der Waals surface area contributed by atoms with Gasteiger partial charge in [-0.25, -0.2) is 0 Å². The van der Waals surface area contributed by atoms with Gasteiger partial charge in [0.1, 0.15) is 0 Å². The highest BCUT2D eigenvalue weighted by atomic mass is 16.2. The van der Waals surface area contributed by atoms with E-state index in [1.807, 2.05) is 16.8 Å². The maximum absolute atomic E-state index is 12.5. The van der Waals surface area contributed by atoms with Crippen molar-refractivity contribution >= 4 is 17.7 Å². The Morgan fingerprint density at radius 3 is 2.71 bits per heavy atom. The smallest absolute Gasteiger partial charge is 0.242 e. The summed E-state index contributed by atoms with van der Waals surface area (Å²) >= 11 is 0. The highest BCUT2D eigenvalue weighted by Gasteiger charge is 2.40. The van der Waals surface area contributed by atoms with E-state index < -0.39 is 0 Å². The second-order valence-corrected chi connectivity index (χ2v) is 7.10. The van der Waals surface area contributed by atoms with E-state index in [1.165, 1.54) is 0 Å². The Balaban J connectivity index is 1.57. The topological polar surface area (TPSA) is 73.0 Å². The minimum atomic E-state index is 0.0578. The Morgan fingerprint density at radius 1 is 1.17 bits per heavy atom. The molecule has 134 valence electrons. The molecule has 3 aliphatic rings. The number of hydrogen-bond acceptors (Lipinski definition) is 4. The molecule has 0 bridgehead atoms. The number of rotatable bonds is 5. The van der Waals surface area contributed by atoms with Crippen LogP contribution in [0.3, 0.4) is 0 Å². The minimum Gasteiger partial charge on any atom is -0.341 e. The normalized spacial score (nSPS) is 27.6. The summed E-state index contributed by atoms with van der Waals surface area (Å²) in [6, 6.07) is 0.261. The molecule has 3 heterocycles. The van der Waals surface area contributed by atoms with Crippen molar-refractivity contribution in [1.82, 2.24) is 20.0 Å². The van der Waals surface area contributed by atoms with Gasteiger partial charge in [0.25, 0.3) is 0 Å². The largest absolute Gasteiger partial charge is 0.341 e. The predicted octanol–water partition coefficient (Wildman–Crippen LogP) is -0.332. The van der Waals surface area contributed by atoms with Crippen LogP contribution in [0, 0.1) is 5.92 Å². The summed E-state index contributed by atoms with van der Waals surface area (Å²) in [5.74, 6) is 0.766. The van der Waals surface area contributed by atoms with Crippen LogP contribution in [0.2, 0.25) is 0 Å². The van der Waals surface area contributed by atoms with Crippen LogP contribution in [0.15, 0.2) is 0 Å². The van der Waals surface area contributed by atoms with Crippen LogP contribution in [0.4, 0.5) is 0 Å². The summed E-state index contributed by atoms with van der Waals surface area (Å²) in [6.07, 6.45) is 3.73. The maximum atomic E-state index is 12.5. The molecule has 24 heavy (non-hydrogen) atoms. The number of fused-ring (bicyclic) bond motifs is 1. The summed E-state index contributed by atoms with van der Waals surface area (Å²) in [5, 5.41) is 3.11. The van der Waals surface area contributed by atoms with Crippen molar-refractivity contribution in [3.05, 3.63) is 0 Å². The lowest BCUT2D eigenvalue weighted by Crippen LogP contribution is -2.58. The van der Waals surface area contributed by atoms with Crippen LogP contribution in [0.25, 0.3) is 0 Å². The van der Waals surface area contributed by atoms with E-state index in [1.54, 1.807) is 4.90 Å². The van der Waals surface area contributed by atoms with Crippen LogP contribution in [-0.4, -0.2) is 84.8 Å². The van der Waals surface area contributed by atoms with Crippen molar-refractivity contribution in [3.8, 4) is 0 Å². The number of amides is 3. The molecule has 0 spiro atoms. The summed E-state index contributed by atoms with van der Waals surface area (Å²) in [7, 11) is 1.90. The van der Waals surface area contributed by atoms with E-state index in [0.717, 1.165) is 38.9 Å². The average molecular weight is 336 g/mol. The van der Waals surface area contributed by atoms with E-state index in [2.05, 4.69) is 5.32 Å². The molecule has 0 aromatic heterocycles. The fourth-order valence-corrected chi connectivity index (χ4v) is 4.24. The first-order valence-corrected chi connectivity index (χ1v) is 9.09. The fraction of sp³-hybridized carbons (Fsp3) is 0.824. The molecule has 3 rings (SSSR count). The molecule has 0 aromatic carbocycles. The molecule has 1 N–H and O–H groups in total. The molecule has 2 atom stereocenters. The van der Waals surface area contributed by atoms with Crippen molar-refractivity contribution in [2.75, 3.05) is 46.3 Å². The first-order chi connectivity index (χ1) is 11.6. The van der Waals surface area contributed by atoms with E-state index in [9.17, 15) is 14.4 Å². The maximum Gasteiger partial charge on any atom is 0.242 e. The van der Waals surface area contributed by atoms with Gasteiger partial charge in [-0.2, -0.15) is 0 Å². The number of hydrogen-bond donors (Lipinski definition) is 1. The van der Waals surface area contributed by atoms with Gasteiger partial charge in [-0.15, -0.1) is 0 Å². The second-order valence-electron chi connectivity index (χ2n) is 7.10. The summed E-state index contributed by atoms with van der Waals surface area (Å²) in [5.41, 5.74) is 0. The molecule has 0 radical (unpaired) electrons. The number of likely N-dealkylation sites (tertiary alicyclic amines) is 3. The van der Waals surface area contributed by atoms with Crippen LogP contribution < -0.4 is 5.32 Å². The van der Waals surface area contributed by atoms with E-state index in [-0.39, 0.29) is 30.3 Å². The van der Waals surface area contributed by atoms with Crippen LogP contribution in [0.5, 0.6) is 0 Å². The number of carbonyl (C=O) groups excluding carboxylic acids is 3. The molecule has 7 nitrogen and oxygen atoms in total. The third-order valence-corrected chi connectivity index (χ3v) is 5.60. The standard InChI is InChI=1S/C17H28N4O3/c1-18-7-10-21-14-6-9-20(11-13(14)4-5-16(21)23)17(24)12-19-8-2-3-15(19)22/h13-14,18H,2-12H2,1H3/t13-,14+/m0/s1. The highest BCUT2D eigenvalue weighted by Crippen LogP contribution is 2.31. The lowest BCUT2D eigenvalue weighted by atomic mass is 9.83. The van der Waals surface area contributed by atoms with Crippen molar-refractivity contribution in [3.63, 3.8) is 0 Å². The van der Waals surface area contributed by atoms with Gasteiger partial charge in [-0.05, 0) is 32.2 Å². The van der Waals surface area contributed by atoms with E-state index in [0.29, 0.717) is 31.8 Å². The Hall–Kier alpha value is -1.63. The molecule has 0 unspecified atom stereocenters. The first-order valence-electron chi connectivity index (χ1n) is 9.09. The van der Waals surface area contributed by atoms with Gasteiger partial charge in [0.15, 0.2) is 0 Å². The van der Waals surface area contributed by atoms with Gasteiger partial charge in [-0.1, -0.05) is 0 Å². The average Bonchev–Trinajstić information content (AvgIpc) is 2.98. The summed E-state index contributed by atoms with van der Waals surface area (Å²) in [6.45, 7) is 3.87. The number of piperidine rings is 2. The SMILES string of the molecule is CNCCN1C(=O)CC[C@H]2CN(C(=O)CN3CCCC3=O)CC[C@H]21. The zero-order valence-corrected chi connectivity index (χ0v) is 14.5. The molecule has 0 saturated carbocycles. The quantitative estimate of drug-likeness (QED) is 0.746. The van der Waals surface area contributed by atoms with Crippen molar-refractivity contribution in [1.29, 1.82) is 0 Å². The summed E-state index contributed by atoms with van der Waals surface area (Å²) in [4.78, 5) is 42.0. The number of nitrogens with zero attached hydrogens (tertiary/aromatic N) is 3. The van der Waals surface area contributed by atoms with Crippen molar-refractivity contribution < 1.29 is 14.4 Å². The molecule has 3 amide bonds. The molecule has 3 fully saturated rings. The third kappa shape index (κ3) is 3.55. The van der Waals surface area contributed by atoms with Gasteiger partial charge in [0, 0.05) is 51.6 Å². The van der Waals surface area contributed by atoms with Gasteiger partial charge in [-0.3, -0.25) is 14.4 Å². The Labute approximate surface area is 143 Å². The predicted molar refractivity (Wildman–Crippen MR) is 89.2 cm³/mol. The van der Waals surface area contributed by atoms with Gasteiger partial charge in [0.05, 0.1) is 6.54 Å². The third-order valence-electron chi connectivity index (χ3n) is 5.60. The number of nitrogens with one attached hydrogen (secondary N) is 1. The van der Waals surface area contributed by atoms with Gasteiger partial charge < -0.3 is 20.0 Å². The molecule has 3 aliphatic heterocycles. The zero-order valence-electron chi connectivity index (χ0n) is 14.5. The monoisotopic (exact) mass is 336 g/mol. The Kier molecular flexibility index (Phi) is 5.38. The second kappa shape index (κ2) is 7.51. The first kappa shape index (κ1) is 17.2. The van der Waals surface area contributed by atoms with Crippen molar-refractivity contribution in [2.24, 2.45) is 5.92 Å². The van der Waals surface area contributed by atoms with E-state index >= 15 is 0 Å². The molecule has 3 saturated heterocycles. The molecule has 0 aromatic rings. The lowest BCUT2D eigenvalue weighted by molar-refractivity contribution is -0.146. The summed E-state index contributed by atoms with van der Waals surface area (Å²) < 4.78 is 0. The number of carbonyl (C=O) groups is 3. The van der Waals surface area contributed by atoms with Crippen LogP contribution >= 0.6 is 0 Å².